The average Bonchev–Trinajstić information content (AvgIpc) is 2.69. The second-order valence-corrected chi connectivity index (χ2v) is 10.9. The Hall–Kier alpha value is -0.900. The minimum Gasteiger partial charge on any atom is -0.492 e. The molecule has 0 aliphatic rings. The summed E-state index contributed by atoms with van der Waals surface area (Å²) in [6.45, 7) is 0.523. The lowest BCUT2D eigenvalue weighted by Crippen LogP contribution is -2.52. The molecule has 1 aromatic carbocycles. The number of hydrogen-bond acceptors (Lipinski definition) is 6. The summed E-state index contributed by atoms with van der Waals surface area (Å²) in [7, 11) is 0.341. The Labute approximate surface area is 205 Å². The maximum Gasteiger partial charge on any atom is 0.472 e. The molecular weight excluding hydrogens is 496 g/mol. The van der Waals surface area contributed by atoms with E-state index < -0.39 is 32.5 Å². The third-order valence-electron chi connectivity index (χ3n) is 4.71. The first-order valence-corrected chi connectivity index (χ1v) is 13.0. The van der Waals surface area contributed by atoms with Gasteiger partial charge in [-0.25, -0.2) is 4.57 Å². The fourth-order valence-corrected chi connectivity index (χ4v) is 4.21. The van der Waals surface area contributed by atoms with Gasteiger partial charge in [0.1, 0.15) is 5.75 Å². The van der Waals surface area contributed by atoms with Crippen LogP contribution in [0.3, 0.4) is 0 Å². The van der Waals surface area contributed by atoms with E-state index in [-0.39, 0.29) is 11.1 Å². The molecule has 0 aliphatic heterocycles. The van der Waals surface area contributed by atoms with Crippen molar-refractivity contribution in [1.82, 2.24) is 0 Å². The Morgan fingerprint density at radius 2 is 1.64 bits per heavy atom. The topological polar surface area (TPSA) is 123 Å². The number of aliphatic hydroxyl groups excluding tert-OH is 1. The maximum absolute atomic E-state index is 12.2. The largest absolute Gasteiger partial charge is 0.492 e. The molecule has 190 valence electrons. The molecule has 0 heterocycles. The van der Waals surface area contributed by atoms with Crippen molar-refractivity contribution in [3.63, 3.8) is 0 Å². The van der Waals surface area contributed by atoms with Crippen LogP contribution in [0, 0.1) is 0 Å². The van der Waals surface area contributed by atoms with Crippen LogP contribution < -0.4 is 4.74 Å². The molecule has 33 heavy (non-hydrogen) atoms. The number of likely N-dealkylation sites (N-methyl/N-ethyl adjacent to an activating group) is 1. The lowest BCUT2D eigenvalue weighted by Gasteiger charge is -2.34. The van der Waals surface area contributed by atoms with Crippen LogP contribution in [0.2, 0.25) is 10.0 Å². The maximum atomic E-state index is 12.2. The molecule has 0 aromatic heterocycles. The first-order valence-electron chi connectivity index (χ1n) is 10.8. The van der Waals surface area contributed by atoms with E-state index in [1.54, 1.807) is 39.3 Å². The summed E-state index contributed by atoms with van der Waals surface area (Å²) in [4.78, 5) is 20.9. The highest BCUT2D eigenvalue weighted by molar-refractivity contribution is 7.47. The molecule has 9 nitrogen and oxygen atoms in total. The van der Waals surface area contributed by atoms with Crippen molar-refractivity contribution < 1.29 is 42.7 Å². The van der Waals surface area contributed by atoms with Gasteiger partial charge in [0.05, 0.1) is 45.8 Å². The zero-order valence-corrected chi connectivity index (χ0v) is 21.7. The molecule has 0 amide bonds. The molecule has 3 atom stereocenters. The first-order chi connectivity index (χ1) is 15.3. The van der Waals surface area contributed by atoms with Gasteiger partial charge in [-0.15, -0.1) is 0 Å². The molecule has 0 saturated carbocycles. The number of carboxylic acids is 1. The number of carboxylic acid groups (broad SMARTS) is 1. The second-order valence-electron chi connectivity index (χ2n) is 8.62. The normalized spacial score (nSPS) is 15.6. The molecule has 3 N–H and O–H groups in total. The zero-order chi connectivity index (χ0) is 25.1. The predicted molar refractivity (Wildman–Crippen MR) is 127 cm³/mol. The van der Waals surface area contributed by atoms with Gasteiger partial charge in [-0.3, -0.25) is 13.8 Å². The van der Waals surface area contributed by atoms with Crippen LogP contribution in [0.25, 0.3) is 0 Å². The summed E-state index contributed by atoms with van der Waals surface area (Å²) in [5.41, 5.74) is 0. The van der Waals surface area contributed by atoms with Gasteiger partial charge in [0.25, 0.3) is 0 Å². The summed E-state index contributed by atoms with van der Waals surface area (Å²) in [6.07, 6.45) is 1.71. The summed E-state index contributed by atoms with van der Waals surface area (Å²) in [6, 6.07) is 5.07. The van der Waals surface area contributed by atoms with Crippen molar-refractivity contribution in [2.24, 2.45) is 0 Å². The summed E-state index contributed by atoms with van der Waals surface area (Å²) in [5.74, 6) is -0.690. The van der Waals surface area contributed by atoms with Gasteiger partial charge in [-0.05, 0) is 25.0 Å². The molecule has 12 heteroatoms. The number of unbranched alkanes of at least 4 members (excludes halogenated alkanes) is 5. The van der Waals surface area contributed by atoms with Crippen molar-refractivity contribution in [3.8, 4) is 5.75 Å². The van der Waals surface area contributed by atoms with Crippen LogP contribution in [0.5, 0.6) is 5.75 Å². The first kappa shape index (κ1) is 30.1. The van der Waals surface area contributed by atoms with Gasteiger partial charge in [-0.2, -0.15) is 0 Å². The Morgan fingerprint density at radius 3 is 2.21 bits per heavy atom. The molecule has 0 saturated heterocycles. The molecule has 1 aromatic rings. The Balaban J connectivity index is 2.22. The van der Waals surface area contributed by atoms with E-state index in [1.807, 2.05) is 0 Å². The smallest absolute Gasteiger partial charge is 0.472 e. The zero-order valence-electron chi connectivity index (χ0n) is 19.3. The number of aliphatic carboxylic acids is 1. The number of rotatable bonds is 17. The number of ether oxygens (including phenoxy) is 1. The number of aliphatic hydroxyl groups is 1. The van der Waals surface area contributed by atoms with E-state index in [1.165, 1.54) is 0 Å². The molecule has 0 spiro atoms. The van der Waals surface area contributed by atoms with Gasteiger partial charge < -0.3 is 24.3 Å². The highest BCUT2D eigenvalue weighted by atomic mass is 35.5. The molecule has 0 radical (unpaired) electrons. The summed E-state index contributed by atoms with van der Waals surface area (Å²) < 4.78 is 27.7. The minimum atomic E-state index is -4.51. The highest BCUT2D eigenvalue weighted by Gasteiger charge is 2.39. The molecule has 0 bridgehead atoms. The number of quaternary nitrogens is 1. The number of hydrogen-bond donors (Lipinski definition) is 3. The van der Waals surface area contributed by atoms with Crippen molar-refractivity contribution in [3.05, 3.63) is 28.2 Å². The van der Waals surface area contributed by atoms with Crippen LogP contribution in [-0.2, 0) is 18.4 Å². The second kappa shape index (κ2) is 14.5. The van der Waals surface area contributed by atoms with Gasteiger partial charge in [0.2, 0.25) is 6.23 Å². The van der Waals surface area contributed by atoms with Gasteiger partial charge in [0, 0.05) is 11.1 Å². The van der Waals surface area contributed by atoms with E-state index in [4.69, 9.17) is 42.1 Å². The summed E-state index contributed by atoms with van der Waals surface area (Å²) >= 11 is 12.0. The van der Waals surface area contributed by atoms with Crippen LogP contribution in [0.1, 0.15) is 44.9 Å². The summed E-state index contributed by atoms with van der Waals surface area (Å²) in [5, 5.41) is 20.3. The SMILES string of the molecule is C[N+](C)(C)C(O)[C@@H](CC(=O)O)OP(=O)(O)OCCCCCCCCOc1cc(Cl)ccc1Cl. The van der Waals surface area contributed by atoms with Gasteiger partial charge >= 0.3 is 13.8 Å². The van der Waals surface area contributed by atoms with E-state index in [0.717, 1.165) is 32.1 Å². The van der Waals surface area contributed by atoms with E-state index >= 15 is 0 Å². The number of halogens is 2. The number of benzene rings is 1. The lowest BCUT2D eigenvalue weighted by atomic mass is 10.1. The Morgan fingerprint density at radius 1 is 1.06 bits per heavy atom. The fourth-order valence-electron chi connectivity index (χ4n) is 2.93. The number of phosphoric ester groups is 1. The van der Waals surface area contributed by atoms with Crippen molar-refractivity contribution in [2.75, 3.05) is 34.4 Å². The molecule has 0 aliphatic carbocycles. The highest BCUT2D eigenvalue weighted by Crippen LogP contribution is 2.46. The molecule has 2 unspecified atom stereocenters. The van der Waals surface area contributed by atoms with Crippen molar-refractivity contribution in [1.29, 1.82) is 0 Å². The number of nitrogens with zero attached hydrogens (tertiary/aromatic N) is 1. The average molecular weight is 531 g/mol. The number of phosphoric acid groups is 1. The fraction of sp³-hybridized carbons (Fsp3) is 0.667. The third-order valence-corrected chi connectivity index (χ3v) is 6.31. The van der Waals surface area contributed by atoms with E-state index in [9.17, 15) is 19.4 Å². The monoisotopic (exact) mass is 530 g/mol. The van der Waals surface area contributed by atoms with Gasteiger partial charge in [-0.1, -0.05) is 48.9 Å². The Kier molecular flexibility index (Phi) is 13.2. The minimum absolute atomic E-state index is 0.00951. The predicted octanol–water partition coefficient (Wildman–Crippen LogP) is 4.71. The van der Waals surface area contributed by atoms with Crippen LogP contribution in [0.4, 0.5) is 0 Å². The lowest BCUT2D eigenvalue weighted by molar-refractivity contribution is -0.922. The molecular formula is C21H35Cl2NO8P+. The molecule has 0 fully saturated rings. The standard InChI is InChI=1S/C21H34Cl2NO8P/c1-24(2,3)21(27)19(15-20(25)26)32-33(28,29)31-13-9-7-5-4-6-8-12-30-18-14-16(22)10-11-17(18)23/h10-11,14,19,21,27H,4-9,12-13,15H2,1-3H3,(H-,25,26,28,29)/p+1/t19-,21?/m1/s1. The van der Waals surface area contributed by atoms with Crippen LogP contribution in [-0.4, -0.2) is 72.2 Å². The van der Waals surface area contributed by atoms with Crippen molar-refractivity contribution >= 4 is 37.0 Å². The van der Waals surface area contributed by atoms with E-state index in [0.29, 0.717) is 28.8 Å². The van der Waals surface area contributed by atoms with Gasteiger partial charge in [0.15, 0.2) is 6.10 Å². The van der Waals surface area contributed by atoms with Crippen molar-refractivity contribution in [2.45, 2.75) is 57.3 Å². The third kappa shape index (κ3) is 12.9. The quantitative estimate of drug-likeness (QED) is 0.114. The van der Waals surface area contributed by atoms with Crippen LogP contribution in [0.15, 0.2) is 18.2 Å². The molecule has 1 rings (SSSR count). The Bertz CT molecular complexity index is 790. The van der Waals surface area contributed by atoms with E-state index in [2.05, 4.69) is 0 Å². The number of carbonyl (C=O) groups is 1. The van der Waals surface area contributed by atoms with Crippen LogP contribution >= 0.6 is 31.0 Å².